The number of carbonyl (C=O) groups excluding carboxylic acids is 3. The average molecular weight is 409 g/mol. The van der Waals surface area contributed by atoms with Crippen molar-refractivity contribution in [1.29, 1.82) is 0 Å². The Balaban J connectivity index is 0.000000858. The maximum Gasteiger partial charge on any atom is 0.373 e. The molecule has 0 radical (unpaired) electrons. The molecule has 3 aromatic carbocycles. The molecule has 31 heavy (non-hydrogen) atoms. The molecule has 6 heteroatoms. The van der Waals surface area contributed by atoms with Gasteiger partial charge in [-0.3, -0.25) is 9.89 Å². The van der Waals surface area contributed by atoms with Crippen molar-refractivity contribution >= 4 is 46.9 Å². The normalized spacial score (nSPS) is 10.2. The first-order chi connectivity index (χ1) is 15.2. The van der Waals surface area contributed by atoms with E-state index in [0.29, 0.717) is 5.56 Å². The topological polar surface area (TPSA) is 91.9 Å². The molecule has 0 aliphatic rings. The lowest BCUT2D eigenvalue weighted by molar-refractivity contribution is -0.191. The maximum absolute atomic E-state index is 12.5. The van der Waals surface area contributed by atoms with Gasteiger partial charge in [-0.05, 0) is 47.5 Å². The second kappa shape index (κ2) is 10.3. The van der Waals surface area contributed by atoms with E-state index in [1.165, 1.54) is 0 Å². The van der Waals surface area contributed by atoms with Gasteiger partial charge in [0.05, 0.1) is 11.2 Å². The number of amides is 1. The molecule has 2 N–H and O–H groups in total. The second-order valence-corrected chi connectivity index (χ2v) is 6.44. The van der Waals surface area contributed by atoms with Gasteiger partial charge in [-0.15, -0.1) is 0 Å². The number of rotatable bonds is 5. The van der Waals surface area contributed by atoms with Crippen LogP contribution in [0.5, 0.6) is 0 Å². The lowest BCUT2D eigenvalue weighted by Crippen LogP contribution is -2.12. The molecule has 0 saturated heterocycles. The van der Waals surface area contributed by atoms with Crippen molar-refractivity contribution in [3.63, 3.8) is 0 Å². The molecule has 0 spiro atoms. The molecule has 0 aliphatic heterocycles. The summed E-state index contributed by atoms with van der Waals surface area (Å²) in [5, 5.41) is 11.4. The molecule has 0 fully saturated rings. The number of carbonyl (C=O) groups is 1. The van der Waals surface area contributed by atoms with Crippen LogP contribution in [0.2, 0.25) is 0 Å². The van der Waals surface area contributed by atoms with Crippen LogP contribution >= 0.6 is 0 Å². The molecule has 0 bridgehead atoms. The summed E-state index contributed by atoms with van der Waals surface area (Å²) in [5.74, 6) is -0.135. The summed E-state index contributed by atoms with van der Waals surface area (Å²) in [6.45, 7) is 3.82. The van der Waals surface area contributed by atoms with Crippen molar-refractivity contribution in [3.05, 3.63) is 102 Å². The van der Waals surface area contributed by atoms with Gasteiger partial charge in [0, 0.05) is 16.6 Å². The highest BCUT2D eigenvalue weighted by molar-refractivity contribution is 6.05. The van der Waals surface area contributed by atoms with Crippen LogP contribution in [-0.4, -0.2) is 22.3 Å². The van der Waals surface area contributed by atoms with E-state index in [9.17, 15) is 4.79 Å². The van der Waals surface area contributed by atoms with E-state index in [0.717, 1.165) is 33.4 Å². The zero-order chi connectivity index (χ0) is 22.1. The molecule has 0 atom stereocenters. The predicted molar refractivity (Wildman–Crippen MR) is 121 cm³/mol. The Morgan fingerprint density at radius 1 is 0.968 bits per heavy atom. The quantitative estimate of drug-likeness (QED) is 0.483. The zero-order valence-corrected chi connectivity index (χ0v) is 16.5. The number of hydrogen-bond acceptors (Lipinski definition) is 4. The smallest absolute Gasteiger partial charge is 0.321 e. The van der Waals surface area contributed by atoms with Crippen LogP contribution < -0.4 is 5.32 Å². The highest BCUT2D eigenvalue weighted by Gasteiger charge is 2.08. The Morgan fingerprint density at radius 2 is 1.68 bits per heavy atom. The summed E-state index contributed by atoms with van der Waals surface area (Å²) in [5.41, 5.74) is 5.13. The number of nitrogens with zero attached hydrogens (tertiary/aromatic N) is 1. The highest BCUT2D eigenvalue weighted by atomic mass is 16.2. The number of benzene rings is 3. The molecular formula is C25H19N3O3. The van der Waals surface area contributed by atoms with Gasteiger partial charge in [0.1, 0.15) is 0 Å². The summed E-state index contributed by atoms with van der Waals surface area (Å²) >= 11 is 0. The molecular weight excluding hydrogens is 390 g/mol. The summed E-state index contributed by atoms with van der Waals surface area (Å²) in [4.78, 5) is 28.7. The van der Waals surface area contributed by atoms with Gasteiger partial charge in [0.15, 0.2) is 0 Å². The van der Waals surface area contributed by atoms with Gasteiger partial charge in [-0.25, -0.2) is 0 Å². The Kier molecular flexibility index (Phi) is 7.03. The van der Waals surface area contributed by atoms with E-state index >= 15 is 0 Å². The number of nitrogens with one attached hydrogen (secondary N) is 2. The van der Waals surface area contributed by atoms with Gasteiger partial charge in [0.2, 0.25) is 0 Å². The molecule has 0 aliphatic carbocycles. The number of aromatic amines is 1. The first kappa shape index (κ1) is 21.2. The number of fused-ring (bicyclic) bond motifs is 1. The van der Waals surface area contributed by atoms with Crippen LogP contribution in [0.15, 0.2) is 79.4 Å². The van der Waals surface area contributed by atoms with Crippen LogP contribution in [0.1, 0.15) is 27.2 Å². The molecule has 0 saturated carbocycles. The van der Waals surface area contributed by atoms with Crippen LogP contribution in [-0.2, 0) is 9.59 Å². The minimum Gasteiger partial charge on any atom is -0.321 e. The molecule has 4 rings (SSSR count). The van der Waals surface area contributed by atoms with E-state index in [-0.39, 0.29) is 12.1 Å². The third kappa shape index (κ3) is 5.29. The van der Waals surface area contributed by atoms with Crippen molar-refractivity contribution in [2.24, 2.45) is 0 Å². The van der Waals surface area contributed by atoms with Gasteiger partial charge >= 0.3 is 6.15 Å². The van der Waals surface area contributed by atoms with Crippen molar-refractivity contribution < 1.29 is 14.4 Å². The summed E-state index contributed by atoms with van der Waals surface area (Å²) in [6, 6.07) is 22.9. The van der Waals surface area contributed by atoms with Crippen LogP contribution in [0.3, 0.4) is 0 Å². The number of hydrogen-bond donors (Lipinski definition) is 2. The number of aromatic nitrogens is 2. The molecule has 152 valence electrons. The monoisotopic (exact) mass is 409 g/mol. The number of anilines is 1. The van der Waals surface area contributed by atoms with Crippen molar-refractivity contribution in [2.75, 3.05) is 5.32 Å². The van der Waals surface area contributed by atoms with E-state index in [1.807, 2.05) is 72.8 Å². The first-order valence-electron chi connectivity index (χ1n) is 9.39. The Hall–Kier alpha value is -4.54. The zero-order valence-electron chi connectivity index (χ0n) is 16.5. The second-order valence-electron chi connectivity index (χ2n) is 6.44. The van der Waals surface area contributed by atoms with Crippen molar-refractivity contribution in [2.45, 2.75) is 0 Å². The van der Waals surface area contributed by atoms with Crippen LogP contribution in [0, 0.1) is 0 Å². The van der Waals surface area contributed by atoms with Crippen LogP contribution in [0.25, 0.3) is 29.1 Å². The lowest BCUT2D eigenvalue weighted by atomic mass is 10.1. The largest absolute Gasteiger partial charge is 0.373 e. The Morgan fingerprint density at radius 3 is 2.42 bits per heavy atom. The average Bonchev–Trinajstić information content (AvgIpc) is 3.21. The standard InChI is InChI=1S/C24H19N3O.CO2/c1-2-17-12-14-22-20(16-17)23(27-26-22)15-13-18-8-6-7-11-21(18)25-24(28)19-9-4-3-5-10-19;2-1-3/h2-16H,1H2,(H,25,28)(H,26,27);/b15-13+;. The van der Waals surface area contributed by atoms with E-state index in [1.54, 1.807) is 12.1 Å². The van der Waals surface area contributed by atoms with Crippen LogP contribution in [0.4, 0.5) is 5.69 Å². The van der Waals surface area contributed by atoms with E-state index < -0.39 is 0 Å². The molecule has 6 nitrogen and oxygen atoms in total. The Labute approximate surface area is 178 Å². The van der Waals surface area contributed by atoms with Gasteiger partial charge < -0.3 is 5.32 Å². The molecule has 1 heterocycles. The minimum absolute atomic E-state index is 0.135. The van der Waals surface area contributed by atoms with E-state index in [2.05, 4.69) is 28.2 Å². The number of para-hydroxylation sites is 1. The fraction of sp³-hybridized carbons (Fsp3) is 0. The maximum atomic E-state index is 12.5. The predicted octanol–water partition coefficient (Wildman–Crippen LogP) is 5.05. The third-order valence-electron chi connectivity index (χ3n) is 4.52. The van der Waals surface area contributed by atoms with Gasteiger partial charge in [-0.2, -0.15) is 14.7 Å². The summed E-state index contributed by atoms with van der Waals surface area (Å²) in [6.07, 6.45) is 6.00. The summed E-state index contributed by atoms with van der Waals surface area (Å²) < 4.78 is 0. The van der Waals surface area contributed by atoms with Crippen molar-refractivity contribution in [1.82, 2.24) is 10.2 Å². The fourth-order valence-electron chi connectivity index (χ4n) is 3.01. The van der Waals surface area contributed by atoms with Gasteiger partial charge in [-0.1, -0.05) is 61.2 Å². The highest BCUT2D eigenvalue weighted by Crippen LogP contribution is 2.23. The molecule has 1 amide bonds. The third-order valence-corrected chi connectivity index (χ3v) is 4.52. The SMILES string of the molecule is C=Cc1ccc2n[nH]c(/C=C/c3ccccc3NC(=O)c3ccccc3)c2c1.O=C=O. The molecule has 1 aromatic heterocycles. The van der Waals surface area contributed by atoms with Crippen molar-refractivity contribution in [3.8, 4) is 0 Å². The lowest BCUT2D eigenvalue weighted by Gasteiger charge is -2.08. The summed E-state index contributed by atoms with van der Waals surface area (Å²) in [7, 11) is 0. The first-order valence-corrected chi connectivity index (χ1v) is 9.39. The number of H-pyrrole nitrogens is 1. The molecule has 0 unspecified atom stereocenters. The minimum atomic E-state index is -0.135. The van der Waals surface area contributed by atoms with E-state index in [4.69, 9.17) is 9.59 Å². The van der Waals surface area contributed by atoms with Gasteiger partial charge in [0.25, 0.3) is 5.91 Å². The molecule has 4 aromatic rings. The Bertz CT molecular complexity index is 1270. The fourth-order valence-corrected chi connectivity index (χ4v) is 3.01.